The Kier molecular flexibility index (Phi) is 5.22. The number of esters is 1. The number of ether oxygens (including phenoxy) is 1. The Morgan fingerprint density at radius 1 is 1.20 bits per heavy atom. The third-order valence-electron chi connectivity index (χ3n) is 4.35. The van der Waals surface area contributed by atoms with Crippen LogP contribution in [0.2, 0.25) is 0 Å². The van der Waals surface area contributed by atoms with Gasteiger partial charge in [-0.1, -0.05) is 39.0 Å². The van der Waals surface area contributed by atoms with Crippen molar-refractivity contribution >= 4 is 5.97 Å². The molecule has 2 rings (SSSR count). The summed E-state index contributed by atoms with van der Waals surface area (Å²) in [6.07, 6.45) is 4.72. The molecule has 0 radical (unpaired) electrons. The number of rotatable bonds is 5. The van der Waals surface area contributed by atoms with E-state index in [4.69, 9.17) is 4.74 Å². The highest BCUT2D eigenvalue weighted by Gasteiger charge is 2.34. The molecule has 0 saturated heterocycles. The largest absolute Gasteiger partial charge is 0.458 e. The van der Waals surface area contributed by atoms with Crippen molar-refractivity contribution < 1.29 is 9.53 Å². The van der Waals surface area contributed by atoms with Crippen LogP contribution in [0, 0.1) is 17.8 Å². The first-order chi connectivity index (χ1) is 9.58. The summed E-state index contributed by atoms with van der Waals surface area (Å²) in [7, 11) is 0. The Balaban J connectivity index is 1.96. The second kappa shape index (κ2) is 6.92. The fourth-order valence-corrected chi connectivity index (χ4v) is 3.45. The van der Waals surface area contributed by atoms with Gasteiger partial charge in [-0.25, -0.2) is 4.79 Å². The van der Waals surface area contributed by atoms with E-state index in [0.717, 1.165) is 6.42 Å². The normalized spacial score (nSPS) is 23.8. The van der Waals surface area contributed by atoms with E-state index in [0.29, 0.717) is 23.3 Å². The fraction of sp³-hybridized carbons (Fsp3) is 0.611. The molecule has 0 N–H and O–H groups in total. The highest BCUT2D eigenvalue weighted by molar-refractivity contribution is 5.89. The Morgan fingerprint density at radius 3 is 2.55 bits per heavy atom. The molecule has 0 spiro atoms. The minimum absolute atomic E-state index is 0.108. The standard InChI is InChI=1S/C18H26O2/c1-13(2)12-14(3)16-10-7-11-17(16)20-18(19)15-8-5-4-6-9-15/h4-6,8-9,13-14,16-17H,7,10-12H2,1-3H3. The summed E-state index contributed by atoms with van der Waals surface area (Å²) in [5.74, 6) is 1.70. The van der Waals surface area contributed by atoms with Crippen molar-refractivity contribution in [3.05, 3.63) is 35.9 Å². The lowest BCUT2D eigenvalue weighted by Gasteiger charge is -2.27. The highest BCUT2D eigenvalue weighted by Crippen LogP contribution is 2.37. The maximum atomic E-state index is 12.2. The van der Waals surface area contributed by atoms with E-state index in [1.165, 1.54) is 19.3 Å². The van der Waals surface area contributed by atoms with Crippen LogP contribution in [0.25, 0.3) is 0 Å². The smallest absolute Gasteiger partial charge is 0.338 e. The van der Waals surface area contributed by atoms with Gasteiger partial charge in [-0.3, -0.25) is 0 Å². The molecule has 1 aromatic carbocycles. The van der Waals surface area contributed by atoms with Crippen molar-refractivity contribution in [2.75, 3.05) is 0 Å². The summed E-state index contributed by atoms with van der Waals surface area (Å²) in [5, 5.41) is 0. The van der Waals surface area contributed by atoms with E-state index in [-0.39, 0.29) is 12.1 Å². The van der Waals surface area contributed by atoms with Crippen molar-refractivity contribution in [3.63, 3.8) is 0 Å². The molecule has 0 amide bonds. The molecule has 1 aromatic rings. The summed E-state index contributed by atoms with van der Waals surface area (Å²) >= 11 is 0. The molecular formula is C18H26O2. The van der Waals surface area contributed by atoms with E-state index in [1.807, 2.05) is 30.3 Å². The zero-order valence-electron chi connectivity index (χ0n) is 12.8. The van der Waals surface area contributed by atoms with Gasteiger partial charge < -0.3 is 4.74 Å². The van der Waals surface area contributed by atoms with Crippen LogP contribution in [-0.4, -0.2) is 12.1 Å². The van der Waals surface area contributed by atoms with Gasteiger partial charge in [0, 0.05) is 0 Å². The topological polar surface area (TPSA) is 26.3 Å². The number of carbonyl (C=O) groups is 1. The number of hydrogen-bond acceptors (Lipinski definition) is 2. The summed E-state index contributed by atoms with van der Waals surface area (Å²) in [4.78, 5) is 12.2. The Labute approximate surface area is 122 Å². The molecule has 1 fully saturated rings. The molecule has 3 atom stereocenters. The molecular weight excluding hydrogens is 248 g/mol. The van der Waals surface area contributed by atoms with Crippen molar-refractivity contribution in [1.82, 2.24) is 0 Å². The zero-order chi connectivity index (χ0) is 14.5. The quantitative estimate of drug-likeness (QED) is 0.728. The van der Waals surface area contributed by atoms with Crippen molar-refractivity contribution in [2.24, 2.45) is 17.8 Å². The zero-order valence-corrected chi connectivity index (χ0v) is 12.8. The molecule has 1 aliphatic rings. The van der Waals surface area contributed by atoms with Gasteiger partial charge in [-0.2, -0.15) is 0 Å². The minimum Gasteiger partial charge on any atom is -0.458 e. The number of carbonyl (C=O) groups excluding carboxylic acids is 1. The van der Waals surface area contributed by atoms with Gasteiger partial charge in [0.15, 0.2) is 0 Å². The average Bonchev–Trinajstić information content (AvgIpc) is 2.87. The van der Waals surface area contributed by atoms with Crippen LogP contribution >= 0.6 is 0 Å². The predicted octanol–water partition coefficient (Wildman–Crippen LogP) is 4.69. The van der Waals surface area contributed by atoms with Crippen molar-refractivity contribution in [2.45, 2.75) is 52.6 Å². The molecule has 3 unspecified atom stereocenters. The Bertz CT molecular complexity index is 424. The van der Waals surface area contributed by atoms with Gasteiger partial charge in [-0.15, -0.1) is 0 Å². The lowest BCUT2D eigenvalue weighted by atomic mass is 9.84. The van der Waals surface area contributed by atoms with Crippen LogP contribution < -0.4 is 0 Å². The third-order valence-corrected chi connectivity index (χ3v) is 4.35. The highest BCUT2D eigenvalue weighted by atomic mass is 16.5. The average molecular weight is 274 g/mol. The van der Waals surface area contributed by atoms with Crippen LogP contribution in [-0.2, 0) is 4.74 Å². The molecule has 1 aliphatic carbocycles. The van der Waals surface area contributed by atoms with Crippen LogP contribution in [0.3, 0.4) is 0 Å². The SMILES string of the molecule is CC(C)CC(C)C1CCCC1OC(=O)c1ccccc1. The van der Waals surface area contributed by atoms with Gasteiger partial charge in [0.25, 0.3) is 0 Å². The Morgan fingerprint density at radius 2 is 1.90 bits per heavy atom. The van der Waals surface area contributed by atoms with Crippen LogP contribution in [0.4, 0.5) is 0 Å². The van der Waals surface area contributed by atoms with Gasteiger partial charge in [0.2, 0.25) is 0 Å². The van der Waals surface area contributed by atoms with Gasteiger partial charge in [-0.05, 0) is 55.6 Å². The third kappa shape index (κ3) is 3.84. The minimum atomic E-state index is -0.167. The number of benzene rings is 1. The van der Waals surface area contributed by atoms with Crippen LogP contribution in [0.5, 0.6) is 0 Å². The molecule has 2 heteroatoms. The van der Waals surface area contributed by atoms with Gasteiger partial charge >= 0.3 is 5.97 Å². The second-order valence-electron chi connectivity index (χ2n) is 6.51. The summed E-state index contributed by atoms with van der Waals surface area (Å²) in [6, 6.07) is 9.32. The van der Waals surface area contributed by atoms with E-state index in [1.54, 1.807) is 0 Å². The Hall–Kier alpha value is -1.31. The predicted molar refractivity (Wildman–Crippen MR) is 81.6 cm³/mol. The second-order valence-corrected chi connectivity index (χ2v) is 6.51. The molecule has 0 aliphatic heterocycles. The molecule has 0 bridgehead atoms. The molecule has 2 nitrogen and oxygen atoms in total. The van der Waals surface area contributed by atoms with Crippen LogP contribution in [0.1, 0.15) is 56.8 Å². The van der Waals surface area contributed by atoms with Crippen LogP contribution in [0.15, 0.2) is 30.3 Å². The first kappa shape index (κ1) is 15.1. The van der Waals surface area contributed by atoms with E-state index in [2.05, 4.69) is 20.8 Å². The maximum absolute atomic E-state index is 12.2. The van der Waals surface area contributed by atoms with Crippen molar-refractivity contribution in [3.8, 4) is 0 Å². The van der Waals surface area contributed by atoms with E-state index >= 15 is 0 Å². The van der Waals surface area contributed by atoms with E-state index in [9.17, 15) is 4.79 Å². The maximum Gasteiger partial charge on any atom is 0.338 e. The monoisotopic (exact) mass is 274 g/mol. The van der Waals surface area contributed by atoms with Gasteiger partial charge in [0.05, 0.1) is 5.56 Å². The van der Waals surface area contributed by atoms with Crippen molar-refractivity contribution in [1.29, 1.82) is 0 Å². The summed E-state index contributed by atoms with van der Waals surface area (Å²) < 4.78 is 5.77. The summed E-state index contributed by atoms with van der Waals surface area (Å²) in [6.45, 7) is 6.83. The molecule has 0 aromatic heterocycles. The first-order valence-electron chi connectivity index (χ1n) is 7.84. The lowest BCUT2D eigenvalue weighted by Crippen LogP contribution is -2.27. The fourth-order valence-electron chi connectivity index (χ4n) is 3.45. The molecule has 110 valence electrons. The molecule has 0 heterocycles. The lowest BCUT2D eigenvalue weighted by molar-refractivity contribution is 0.0125. The first-order valence-corrected chi connectivity index (χ1v) is 7.84. The van der Waals surface area contributed by atoms with E-state index < -0.39 is 0 Å². The van der Waals surface area contributed by atoms with Gasteiger partial charge in [0.1, 0.15) is 6.10 Å². The molecule has 1 saturated carbocycles. The molecule has 20 heavy (non-hydrogen) atoms. The summed E-state index contributed by atoms with van der Waals surface area (Å²) in [5.41, 5.74) is 0.662. The number of hydrogen-bond donors (Lipinski definition) is 0.